The Bertz CT molecular complexity index is 1590. The van der Waals surface area contributed by atoms with Crippen LogP contribution in [0.2, 0.25) is 0 Å². The fourth-order valence-electron chi connectivity index (χ4n) is 4.11. The molecule has 8 heteroatoms. The lowest BCUT2D eigenvalue weighted by Crippen LogP contribution is -2.23. The van der Waals surface area contributed by atoms with E-state index in [0.29, 0.717) is 41.1 Å². The average molecular weight is 482 g/mol. The van der Waals surface area contributed by atoms with Gasteiger partial charge in [-0.1, -0.05) is 42.0 Å². The van der Waals surface area contributed by atoms with Gasteiger partial charge in [0.2, 0.25) is 0 Å². The number of nitrogens with zero attached hydrogens (tertiary/aromatic N) is 4. The van der Waals surface area contributed by atoms with Crippen molar-refractivity contribution in [2.24, 2.45) is 0 Å². The number of carbonyl (C=O) groups excluding carboxylic acids is 1. The Morgan fingerprint density at radius 3 is 2.58 bits per heavy atom. The van der Waals surface area contributed by atoms with Crippen molar-refractivity contribution in [2.75, 3.05) is 26.0 Å². The lowest BCUT2D eigenvalue weighted by Gasteiger charge is -2.10. The minimum atomic E-state index is -0.416. The summed E-state index contributed by atoms with van der Waals surface area (Å²) in [5.41, 5.74) is 5.51. The van der Waals surface area contributed by atoms with Crippen LogP contribution in [0.25, 0.3) is 28.0 Å². The van der Waals surface area contributed by atoms with Crippen LogP contribution in [0.5, 0.6) is 0 Å². The summed E-state index contributed by atoms with van der Waals surface area (Å²) in [5, 5.41) is 7.74. The molecule has 0 radical (unpaired) electrons. The lowest BCUT2D eigenvalue weighted by molar-refractivity contribution is 0.102. The first kappa shape index (κ1) is 23.3. The predicted octanol–water partition coefficient (Wildman–Crippen LogP) is 4.57. The van der Waals surface area contributed by atoms with Gasteiger partial charge in [-0.15, -0.1) is 0 Å². The predicted molar refractivity (Wildman–Crippen MR) is 141 cm³/mol. The number of carbonyl (C=O) groups is 1. The van der Waals surface area contributed by atoms with Gasteiger partial charge in [-0.05, 0) is 57.4 Å². The molecule has 1 amide bonds. The number of hydrogen-bond acceptors (Lipinski definition) is 5. The highest BCUT2D eigenvalue weighted by Crippen LogP contribution is 2.26. The van der Waals surface area contributed by atoms with Gasteiger partial charge in [0.1, 0.15) is 5.69 Å². The van der Waals surface area contributed by atoms with Crippen molar-refractivity contribution in [2.45, 2.75) is 13.5 Å². The Morgan fingerprint density at radius 1 is 1.03 bits per heavy atom. The molecule has 0 saturated heterocycles. The second-order valence-electron chi connectivity index (χ2n) is 9.00. The molecule has 5 rings (SSSR count). The number of fused-ring (bicyclic) bond motifs is 1. The maximum Gasteiger partial charge on any atom is 0.419 e. The number of para-hydroxylation sites is 1. The Balaban J connectivity index is 1.51. The van der Waals surface area contributed by atoms with Crippen LogP contribution >= 0.6 is 0 Å². The van der Waals surface area contributed by atoms with Crippen molar-refractivity contribution in [3.05, 3.63) is 101 Å². The highest BCUT2D eigenvalue weighted by atomic mass is 16.4. The zero-order valence-corrected chi connectivity index (χ0v) is 20.4. The van der Waals surface area contributed by atoms with Crippen LogP contribution in [0.4, 0.5) is 5.69 Å². The summed E-state index contributed by atoms with van der Waals surface area (Å²) in [6, 6.07) is 22.8. The van der Waals surface area contributed by atoms with Crippen molar-refractivity contribution < 1.29 is 9.21 Å². The van der Waals surface area contributed by atoms with Gasteiger partial charge < -0.3 is 14.6 Å². The smallest absolute Gasteiger partial charge is 0.408 e. The molecule has 1 N–H and O–H groups in total. The molecule has 0 spiro atoms. The Morgan fingerprint density at radius 2 is 1.83 bits per heavy atom. The molecule has 0 saturated carbocycles. The molecule has 0 aliphatic rings. The monoisotopic (exact) mass is 481 g/mol. The summed E-state index contributed by atoms with van der Waals surface area (Å²) in [6.45, 7) is 3.18. The summed E-state index contributed by atoms with van der Waals surface area (Å²) in [4.78, 5) is 27.9. The van der Waals surface area contributed by atoms with Crippen LogP contribution in [0, 0.1) is 6.92 Å². The minimum absolute atomic E-state index is 0.293. The summed E-state index contributed by atoms with van der Waals surface area (Å²) in [5.74, 6) is -0.708. The number of aryl methyl sites for hydroxylation is 1. The van der Waals surface area contributed by atoms with Crippen LogP contribution in [0.15, 0.2) is 88.2 Å². The van der Waals surface area contributed by atoms with Crippen LogP contribution < -0.4 is 11.1 Å². The normalized spacial score (nSPS) is 11.3. The number of oxazole rings is 1. The van der Waals surface area contributed by atoms with E-state index in [1.54, 1.807) is 33.6 Å². The topological polar surface area (TPSA) is 85.3 Å². The van der Waals surface area contributed by atoms with E-state index >= 15 is 0 Å². The molecule has 5 aromatic rings. The SMILES string of the molecule is Cc1cccc(-c2nn(-c3ccccc3)cc2C(=O)Nc2ccc3oc(=O)n(CCN(C)C)c3c2)c1. The fourth-order valence-corrected chi connectivity index (χ4v) is 4.11. The van der Waals surface area contributed by atoms with E-state index in [4.69, 9.17) is 9.52 Å². The summed E-state index contributed by atoms with van der Waals surface area (Å²) >= 11 is 0. The number of hydrogen-bond donors (Lipinski definition) is 1. The molecule has 36 heavy (non-hydrogen) atoms. The van der Waals surface area contributed by atoms with E-state index in [9.17, 15) is 9.59 Å². The molecule has 0 bridgehead atoms. The van der Waals surface area contributed by atoms with Crippen molar-refractivity contribution in [1.29, 1.82) is 0 Å². The van der Waals surface area contributed by atoms with E-state index in [0.717, 1.165) is 16.8 Å². The zero-order chi connectivity index (χ0) is 25.2. The van der Waals surface area contributed by atoms with E-state index in [1.165, 1.54) is 0 Å². The van der Waals surface area contributed by atoms with Crippen LogP contribution in [-0.4, -0.2) is 45.8 Å². The number of amides is 1. The van der Waals surface area contributed by atoms with Gasteiger partial charge in [-0.2, -0.15) is 5.10 Å². The average Bonchev–Trinajstić information content (AvgIpc) is 3.44. The van der Waals surface area contributed by atoms with E-state index in [-0.39, 0.29) is 5.91 Å². The fraction of sp³-hybridized carbons (Fsp3) is 0.179. The molecule has 8 nitrogen and oxygen atoms in total. The molecule has 182 valence electrons. The van der Waals surface area contributed by atoms with Gasteiger partial charge in [0.05, 0.1) is 16.8 Å². The van der Waals surface area contributed by atoms with Gasteiger partial charge in [0.15, 0.2) is 5.58 Å². The third kappa shape index (κ3) is 4.71. The largest absolute Gasteiger partial charge is 0.419 e. The number of benzene rings is 3. The highest BCUT2D eigenvalue weighted by Gasteiger charge is 2.20. The third-order valence-electron chi connectivity index (χ3n) is 5.97. The number of rotatable bonds is 7. The van der Waals surface area contributed by atoms with Crippen LogP contribution in [0.3, 0.4) is 0 Å². The molecular weight excluding hydrogens is 454 g/mol. The van der Waals surface area contributed by atoms with Gasteiger partial charge in [-0.25, -0.2) is 9.48 Å². The van der Waals surface area contributed by atoms with Crippen molar-refractivity contribution in [3.8, 4) is 16.9 Å². The van der Waals surface area contributed by atoms with Crippen LogP contribution in [-0.2, 0) is 6.54 Å². The number of anilines is 1. The van der Waals surface area contributed by atoms with Crippen LogP contribution in [0.1, 0.15) is 15.9 Å². The number of aromatic nitrogens is 3. The van der Waals surface area contributed by atoms with Crippen molar-refractivity contribution in [1.82, 2.24) is 19.2 Å². The first-order valence-electron chi connectivity index (χ1n) is 11.7. The Hall–Kier alpha value is -4.43. The van der Waals surface area contributed by atoms with Crippen molar-refractivity contribution in [3.63, 3.8) is 0 Å². The molecule has 0 atom stereocenters. The second-order valence-corrected chi connectivity index (χ2v) is 9.00. The minimum Gasteiger partial charge on any atom is -0.408 e. The summed E-state index contributed by atoms with van der Waals surface area (Å²) < 4.78 is 8.67. The second kappa shape index (κ2) is 9.67. The molecule has 0 aliphatic heterocycles. The molecular formula is C28H27N5O3. The molecule has 0 fully saturated rings. The molecule has 0 unspecified atom stereocenters. The first-order valence-corrected chi connectivity index (χ1v) is 11.7. The Labute approximate surface area is 208 Å². The molecule has 2 heterocycles. The molecule has 3 aromatic carbocycles. The van der Waals surface area contributed by atoms with E-state index in [2.05, 4.69) is 5.32 Å². The van der Waals surface area contributed by atoms with Gasteiger partial charge in [-0.3, -0.25) is 9.36 Å². The maximum absolute atomic E-state index is 13.5. The number of likely N-dealkylation sites (N-methyl/N-ethyl adjacent to an activating group) is 1. The molecule has 0 aliphatic carbocycles. The van der Waals surface area contributed by atoms with E-state index < -0.39 is 5.76 Å². The lowest BCUT2D eigenvalue weighted by atomic mass is 10.1. The third-order valence-corrected chi connectivity index (χ3v) is 5.97. The van der Waals surface area contributed by atoms with E-state index in [1.807, 2.05) is 80.5 Å². The van der Waals surface area contributed by atoms with Gasteiger partial charge in [0.25, 0.3) is 5.91 Å². The maximum atomic E-state index is 13.5. The summed E-state index contributed by atoms with van der Waals surface area (Å²) in [6.07, 6.45) is 1.74. The summed E-state index contributed by atoms with van der Waals surface area (Å²) in [7, 11) is 3.89. The number of nitrogens with one attached hydrogen (secondary N) is 1. The standard InChI is InChI=1S/C28H27N5O3/c1-19-8-7-9-20(16-19)26-23(18-33(30-26)22-10-5-4-6-11-22)27(34)29-21-12-13-25-24(17-21)32(28(35)36-25)15-14-31(2)3/h4-13,16-18H,14-15H2,1-3H3,(H,29,34). The van der Waals surface area contributed by atoms with Crippen molar-refractivity contribution >= 4 is 22.7 Å². The highest BCUT2D eigenvalue weighted by molar-refractivity contribution is 6.08. The quantitative estimate of drug-likeness (QED) is 0.368. The zero-order valence-electron chi connectivity index (χ0n) is 20.4. The van der Waals surface area contributed by atoms with Gasteiger partial charge >= 0.3 is 5.76 Å². The molecule has 2 aromatic heterocycles. The van der Waals surface area contributed by atoms with Gasteiger partial charge in [0, 0.05) is 30.5 Å². The first-order chi connectivity index (χ1) is 17.4. The Kier molecular flexibility index (Phi) is 6.26.